The Morgan fingerprint density at radius 2 is 1.92 bits per heavy atom. The molecule has 0 amide bonds. The Labute approximate surface area is 150 Å². The van der Waals surface area contributed by atoms with Crippen molar-refractivity contribution in [3.05, 3.63) is 64.9 Å². The molecule has 1 saturated heterocycles. The van der Waals surface area contributed by atoms with Crippen molar-refractivity contribution in [2.75, 3.05) is 6.54 Å². The monoisotopic (exact) mass is 376 g/mol. The molecule has 0 saturated carbocycles. The van der Waals surface area contributed by atoms with Crippen molar-refractivity contribution < 1.29 is 12.8 Å². The van der Waals surface area contributed by atoms with Crippen LogP contribution in [0.15, 0.2) is 48.5 Å². The second-order valence-electron chi connectivity index (χ2n) is 6.17. The first-order valence-corrected chi connectivity index (χ1v) is 10.5. The lowest BCUT2D eigenvalue weighted by Crippen LogP contribution is -2.31. The van der Waals surface area contributed by atoms with Crippen LogP contribution >= 0.6 is 11.3 Å². The minimum atomic E-state index is -3.48. The van der Waals surface area contributed by atoms with Crippen LogP contribution in [0.5, 0.6) is 0 Å². The molecule has 1 unspecified atom stereocenters. The molecule has 1 aliphatic heterocycles. The Morgan fingerprint density at radius 1 is 1.16 bits per heavy atom. The number of rotatable bonds is 4. The topological polar surface area (TPSA) is 50.3 Å². The SMILES string of the molecule is O=S(=O)(Cc1ccc(F)cc1)N1CCCC1c1nc2ccccc2s1. The van der Waals surface area contributed by atoms with Gasteiger partial charge in [-0.2, -0.15) is 4.31 Å². The highest BCUT2D eigenvalue weighted by atomic mass is 32.2. The number of aromatic nitrogens is 1. The zero-order valence-electron chi connectivity index (χ0n) is 13.4. The van der Waals surface area contributed by atoms with E-state index in [1.807, 2.05) is 24.3 Å². The predicted octanol–water partition coefficient (Wildman–Crippen LogP) is 4.10. The summed E-state index contributed by atoms with van der Waals surface area (Å²) in [4.78, 5) is 4.64. The molecule has 3 aromatic rings. The van der Waals surface area contributed by atoms with Crippen LogP contribution in [0.25, 0.3) is 10.2 Å². The van der Waals surface area contributed by atoms with E-state index in [0.29, 0.717) is 12.1 Å². The number of hydrogen-bond acceptors (Lipinski definition) is 4. The molecule has 25 heavy (non-hydrogen) atoms. The molecule has 1 aliphatic rings. The summed E-state index contributed by atoms with van der Waals surface area (Å²) in [5, 5.41) is 0.849. The van der Waals surface area contributed by atoms with Crippen LogP contribution in [0.3, 0.4) is 0 Å². The molecule has 2 heterocycles. The number of fused-ring (bicyclic) bond motifs is 1. The number of sulfonamides is 1. The van der Waals surface area contributed by atoms with Gasteiger partial charge in [0.05, 0.1) is 22.0 Å². The van der Waals surface area contributed by atoms with Gasteiger partial charge in [0.15, 0.2) is 0 Å². The Bertz CT molecular complexity index is 966. The predicted molar refractivity (Wildman–Crippen MR) is 97.3 cm³/mol. The second-order valence-corrected chi connectivity index (χ2v) is 9.16. The van der Waals surface area contributed by atoms with Crippen molar-refractivity contribution >= 4 is 31.6 Å². The van der Waals surface area contributed by atoms with Crippen molar-refractivity contribution in [3.63, 3.8) is 0 Å². The maximum absolute atomic E-state index is 13.0. The van der Waals surface area contributed by atoms with Crippen LogP contribution < -0.4 is 0 Å². The number of halogens is 1. The normalized spacial score (nSPS) is 18.8. The first-order valence-electron chi connectivity index (χ1n) is 8.12. The van der Waals surface area contributed by atoms with Gasteiger partial charge >= 0.3 is 0 Å². The van der Waals surface area contributed by atoms with Gasteiger partial charge in [0.25, 0.3) is 0 Å². The number of nitrogens with zero attached hydrogens (tertiary/aromatic N) is 2. The summed E-state index contributed by atoms with van der Waals surface area (Å²) in [6.07, 6.45) is 1.60. The molecule has 0 N–H and O–H groups in total. The zero-order valence-corrected chi connectivity index (χ0v) is 15.1. The fourth-order valence-corrected chi connectivity index (χ4v) is 6.19. The Balaban J connectivity index is 1.62. The van der Waals surface area contributed by atoms with Crippen LogP contribution in [-0.2, 0) is 15.8 Å². The molecule has 1 fully saturated rings. The molecule has 0 spiro atoms. The molecule has 0 bridgehead atoms. The number of thiazole rings is 1. The van der Waals surface area contributed by atoms with Crippen LogP contribution in [0.2, 0.25) is 0 Å². The maximum atomic E-state index is 13.0. The third kappa shape index (κ3) is 3.31. The number of hydrogen-bond donors (Lipinski definition) is 0. The summed E-state index contributed by atoms with van der Waals surface area (Å²) in [5.74, 6) is -0.482. The van der Waals surface area contributed by atoms with E-state index in [9.17, 15) is 12.8 Å². The first kappa shape index (κ1) is 16.6. The van der Waals surface area contributed by atoms with Gasteiger partial charge in [-0.1, -0.05) is 24.3 Å². The van der Waals surface area contributed by atoms with Gasteiger partial charge in [-0.25, -0.2) is 17.8 Å². The third-order valence-electron chi connectivity index (χ3n) is 4.42. The molecule has 4 rings (SSSR count). The molecule has 4 nitrogen and oxygen atoms in total. The summed E-state index contributed by atoms with van der Waals surface area (Å²) in [7, 11) is -3.48. The van der Waals surface area contributed by atoms with Gasteiger partial charge in [-0.05, 0) is 42.7 Å². The average molecular weight is 376 g/mol. The van der Waals surface area contributed by atoms with Gasteiger partial charge in [0, 0.05) is 6.54 Å². The van der Waals surface area contributed by atoms with Crippen LogP contribution in [-0.4, -0.2) is 24.3 Å². The lowest BCUT2D eigenvalue weighted by atomic mass is 10.2. The number of benzene rings is 2. The molecule has 2 aromatic carbocycles. The van der Waals surface area contributed by atoms with Crippen molar-refractivity contribution in [2.24, 2.45) is 0 Å². The summed E-state index contributed by atoms with van der Waals surface area (Å²) in [6, 6.07) is 13.3. The van der Waals surface area contributed by atoms with Gasteiger partial charge < -0.3 is 0 Å². The molecule has 0 aliphatic carbocycles. The van der Waals surface area contributed by atoms with Crippen molar-refractivity contribution in [2.45, 2.75) is 24.6 Å². The standard InChI is InChI=1S/C18H17FN2O2S2/c19-14-9-7-13(8-10-14)12-25(22,23)21-11-3-5-16(21)18-20-15-4-1-2-6-17(15)24-18/h1-2,4,6-10,16H,3,5,11-12H2. The summed E-state index contributed by atoms with van der Waals surface area (Å²) < 4.78 is 41.5. The molecule has 1 atom stereocenters. The first-order chi connectivity index (χ1) is 12.0. The van der Waals surface area contributed by atoms with Crippen LogP contribution in [0.1, 0.15) is 29.5 Å². The molecule has 1 aromatic heterocycles. The van der Waals surface area contributed by atoms with Gasteiger partial charge in [0.2, 0.25) is 10.0 Å². The van der Waals surface area contributed by atoms with E-state index >= 15 is 0 Å². The minimum Gasteiger partial charge on any atom is -0.239 e. The van der Waals surface area contributed by atoms with E-state index in [1.165, 1.54) is 24.3 Å². The molecule has 130 valence electrons. The smallest absolute Gasteiger partial charge is 0.218 e. The van der Waals surface area contributed by atoms with E-state index in [0.717, 1.165) is 28.1 Å². The van der Waals surface area contributed by atoms with E-state index < -0.39 is 10.0 Å². The van der Waals surface area contributed by atoms with Crippen molar-refractivity contribution in [3.8, 4) is 0 Å². The van der Waals surface area contributed by atoms with E-state index in [-0.39, 0.29) is 17.6 Å². The Hall–Kier alpha value is -1.83. The van der Waals surface area contributed by atoms with Crippen molar-refractivity contribution in [1.82, 2.24) is 9.29 Å². The van der Waals surface area contributed by atoms with Crippen molar-refractivity contribution in [1.29, 1.82) is 0 Å². The zero-order chi connectivity index (χ0) is 17.4. The van der Waals surface area contributed by atoms with Gasteiger partial charge in [-0.3, -0.25) is 0 Å². The molecule has 7 heteroatoms. The van der Waals surface area contributed by atoms with E-state index in [1.54, 1.807) is 15.6 Å². The molecular weight excluding hydrogens is 359 g/mol. The third-order valence-corrected chi connectivity index (χ3v) is 7.41. The second kappa shape index (κ2) is 6.48. The highest BCUT2D eigenvalue weighted by Gasteiger charge is 2.36. The summed E-state index contributed by atoms with van der Waals surface area (Å²) in [6.45, 7) is 0.504. The maximum Gasteiger partial charge on any atom is 0.218 e. The fourth-order valence-electron chi connectivity index (χ4n) is 3.23. The number of para-hydroxylation sites is 1. The van der Waals surface area contributed by atoms with Crippen LogP contribution in [0, 0.1) is 5.82 Å². The summed E-state index contributed by atoms with van der Waals surface area (Å²) in [5.41, 5.74) is 1.50. The average Bonchev–Trinajstić information content (AvgIpc) is 3.23. The lowest BCUT2D eigenvalue weighted by molar-refractivity contribution is 0.395. The minimum absolute atomic E-state index is 0.116. The fraction of sp³-hybridized carbons (Fsp3) is 0.278. The quantitative estimate of drug-likeness (QED) is 0.689. The highest BCUT2D eigenvalue weighted by molar-refractivity contribution is 7.88. The Morgan fingerprint density at radius 3 is 2.68 bits per heavy atom. The largest absolute Gasteiger partial charge is 0.239 e. The summed E-state index contributed by atoms with van der Waals surface area (Å²) >= 11 is 1.56. The Kier molecular flexibility index (Phi) is 4.31. The highest BCUT2D eigenvalue weighted by Crippen LogP contribution is 2.38. The lowest BCUT2D eigenvalue weighted by Gasteiger charge is -2.22. The molecular formula is C18H17FN2O2S2. The van der Waals surface area contributed by atoms with E-state index in [4.69, 9.17) is 0 Å². The van der Waals surface area contributed by atoms with Gasteiger partial charge in [-0.15, -0.1) is 11.3 Å². The van der Waals surface area contributed by atoms with E-state index in [2.05, 4.69) is 4.98 Å². The molecule has 0 radical (unpaired) electrons. The van der Waals surface area contributed by atoms with Crippen LogP contribution in [0.4, 0.5) is 4.39 Å². The van der Waals surface area contributed by atoms with Gasteiger partial charge in [0.1, 0.15) is 10.8 Å².